The van der Waals surface area contributed by atoms with Crippen molar-refractivity contribution in [2.45, 2.75) is 12.5 Å². The first-order valence-electron chi connectivity index (χ1n) is 9.82. The van der Waals surface area contributed by atoms with Gasteiger partial charge in [-0.15, -0.1) is 0 Å². The Morgan fingerprint density at radius 2 is 1.88 bits per heavy atom. The van der Waals surface area contributed by atoms with Gasteiger partial charge in [-0.2, -0.15) is 0 Å². The molecule has 1 aliphatic heterocycles. The molecular weight excluding hydrogens is 436 g/mol. The number of nitrogens with zero attached hydrogens (tertiary/aromatic N) is 1. The van der Waals surface area contributed by atoms with Crippen LogP contribution in [0.4, 0.5) is 10.5 Å². The van der Waals surface area contributed by atoms with Crippen LogP contribution in [0.15, 0.2) is 48.5 Å². The van der Waals surface area contributed by atoms with Gasteiger partial charge in [0.05, 0.1) is 17.2 Å². The largest absolute Gasteiger partial charge is 0.383 e. The third-order valence-corrected chi connectivity index (χ3v) is 5.33. The van der Waals surface area contributed by atoms with Crippen LogP contribution >= 0.6 is 11.6 Å². The number of amides is 5. The molecule has 1 aliphatic rings. The Bertz CT molecular complexity index is 1050. The van der Waals surface area contributed by atoms with E-state index in [1.54, 1.807) is 37.3 Å². The summed E-state index contributed by atoms with van der Waals surface area (Å²) in [6, 6.07) is 12.5. The second kappa shape index (κ2) is 9.80. The first-order chi connectivity index (χ1) is 15.3. The lowest BCUT2D eigenvalue weighted by Crippen LogP contribution is -2.42. The highest BCUT2D eigenvalue weighted by Crippen LogP contribution is 2.28. The molecule has 0 saturated carbocycles. The highest BCUT2D eigenvalue weighted by atomic mass is 35.5. The predicted octanol–water partition coefficient (Wildman–Crippen LogP) is 2.12. The van der Waals surface area contributed by atoms with E-state index < -0.39 is 29.9 Å². The van der Waals surface area contributed by atoms with Crippen molar-refractivity contribution in [3.8, 4) is 0 Å². The molecule has 1 heterocycles. The van der Waals surface area contributed by atoms with Crippen LogP contribution in [-0.2, 0) is 19.9 Å². The van der Waals surface area contributed by atoms with Crippen LogP contribution in [0.25, 0.3) is 0 Å². The molecule has 0 radical (unpaired) electrons. The molecular formula is C22H23ClN4O5. The summed E-state index contributed by atoms with van der Waals surface area (Å²) in [7, 11) is 1.53. The van der Waals surface area contributed by atoms with Gasteiger partial charge in [0, 0.05) is 19.3 Å². The normalized spacial score (nSPS) is 17.8. The number of rotatable bonds is 8. The number of carbonyl (C=O) groups is 4. The molecule has 1 atom stereocenters. The van der Waals surface area contributed by atoms with E-state index in [0.717, 1.165) is 4.90 Å². The molecule has 2 aromatic carbocycles. The van der Waals surface area contributed by atoms with Gasteiger partial charge in [0.1, 0.15) is 12.1 Å². The van der Waals surface area contributed by atoms with E-state index in [4.69, 9.17) is 16.3 Å². The Morgan fingerprint density at radius 1 is 1.16 bits per heavy atom. The predicted molar refractivity (Wildman–Crippen MR) is 118 cm³/mol. The molecule has 1 unspecified atom stereocenters. The molecule has 1 saturated heterocycles. The quantitative estimate of drug-likeness (QED) is 0.414. The van der Waals surface area contributed by atoms with Crippen molar-refractivity contribution in [1.29, 1.82) is 0 Å². The van der Waals surface area contributed by atoms with Gasteiger partial charge in [-0.05, 0) is 30.7 Å². The molecule has 32 heavy (non-hydrogen) atoms. The van der Waals surface area contributed by atoms with Crippen LogP contribution in [0.5, 0.6) is 0 Å². The molecule has 0 spiro atoms. The van der Waals surface area contributed by atoms with E-state index in [1.165, 1.54) is 25.3 Å². The van der Waals surface area contributed by atoms with Crippen LogP contribution in [0, 0.1) is 0 Å². The molecule has 168 valence electrons. The number of imide groups is 1. The number of ether oxygens (including phenoxy) is 1. The minimum Gasteiger partial charge on any atom is -0.383 e. The van der Waals surface area contributed by atoms with Crippen molar-refractivity contribution in [3.63, 3.8) is 0 Å². The van der Waals surface area contributed by atoms with Crippen LogP contribution in [-0.4, -0.2) is 55.5 Å². The molecule has 0 bridgehead atoms. The van der Waals surface area contributed by atoms with Crippen molar-refractivity contribution in [2.24, 2.45) is 0 Å². The average molecular weight is 459 g/mol. The van der Waals surface area contributed by atoms with Gasteiger partial charge in [-0.3, -0.25) is 19.3 Å². The Kier molecular flexibility index (Phi) is 7.12. The number of urea groups is 1. The fourth-order valence-corrected chi connectivity index (χ4v) is 3.56. The van der Waals surface area contributed by atoms with Gasteiger partial charge in [0.15, 0.2) is 0 Å². The number of hydrogen-bond donors (Lipinski definition) is 3. The van der Waals surface area contributed by atoms with E-state index in [-0.39, 0.29) is 16.5 Å². The Hall–Kier alpha value is -3.43. The van der Waals surface area contributed by atoms with Crippen molar-refractivity contribution < 1.29 is 23.9 Å². The Labute approximate surface area is 190 Å². The third-order valence-electron chi connectivity index (χ3n) is 5.02. The van der Waals surface area contributed by atoms with Crippen molar-refractivity contribution >= 4 is 41.0 Å². The minimum atomic E-state index is -1.25. The molecule has 5 amide bonds. The van der Waals surface area contributed by atoms with E-state index in [0.29, 0.717) is 24.4 Å². The van der Waals surface area contributed by atoms with Gasteiger partial charge in [0.2, 0.25) is 5.91 Å². The molecule has 3 N–H and O–H groups in total. The maximum Gasteiger partial charge on any atom is 0.325 e. The second-order valence-corrected chi connectivity index (χ2v) is 7.71. The number of nitrogens with one attached hydrogen (secondary N) is 3. The number of benzene rings is 2. The first-order valence-corrected chi connectivity index (χ1v) is 10.2. The molecule has 2 aromatic rings. The minimum absolute atomic E-state index is 0.143. The van der Waals surface area contributed by atoms with Gasteiger partial charge in [-0.25, -0.2) is 4.79 Å². The van der Waals surface area contributed by atoms with Crippen LogP contribution < -0.4 is 16.0 Å². The summed E-state index contributed by atoms with van der Waals surface area (Å²) in [5.41, 5.74) is -0.0630. The van der Waals surface area contributed by atoms with Crippen LogP contribution in [0.2, 0.25) is 5.02 Å². The zero-order valence-electron chi connectivity index (χ0n) is 17.6. The fourth-order valence-electron chi connectivity index (χ4n) is 3.29. The SMILES string of the molecule is COCCNC(=O)c1ccc(NC(=O)CN2C(=O)NC(C)(c3ccccc3)C2=O)cc1Cl. The maximum absolute atomic E-state index is 12.9. The van der Waals surface area contributed by atoms with Gasteiger partial charge in [-0.1, -0.05) is 41.9 Å². The lowest BCUT2D eigenvalue weighted by Gasteiger charge is -2.22. The standard InChI is InChI=1S/C22H23ClN4O5/c1-22(14-6-4-3-5-7-14)20(30)27(21(31)26-22)13-18(28)25-15-8-9-16(17(23)12-15)19(29)24-10-11-32-2/h3-9,12H,10-11,13H2,1-2H3,(H,24,29)(H,25,28)(H,26,31). The molecule has 10 heteroatoms. The van der Waals surface area contributed by atoms with Gasteiger partial charge < -0.3 is 20.7 Å². The first kappa shape index (κ1) is 23.2. The zero-order chi connectivity index (χ0) is 23.3. The van der Waals surface area contributed by atoms with E-state index >= 15 is 0 Å². The number of anilines is 1. The van der Waals surface area contributed by atoms with E-state index in [9.17, 15) is 19.2 Å². The maximum atomic E-state index is 12.9. The topological polar surface area (TPSA) is 117 Å². The van der Waals surface area contributed by atoms with E-state index in [1.807, 2.05) is 0 Å². The summed E-state index contributed by atoms with van der Waals surface area (Å²) in [4.78, 5) is 50.8. The van der Waals surface area contributed by atoms with Crippen molar-refractivity contribution in [2.75, 3.05) is 32.1 Å². The lowest BCUT2D eigenvalue weighted by molar-refractivity contribution is -0.133. The number of carbonyl (C=O) groups excluding carboxylic acids is 4. The molecule has 1 fully saturated rings. The monoisotopic (exact) mass is 458 g/mol. The van der Waals surface area contributed by atoms with Crippen molar-refractivity contribution in [1.82, 2.24) is 15.5 Å². The molecule has 9 nitrogen and oxygen atoms in total. The summed E-state index contributed by atoms with van der Waals surface area (Å²) < 4.78 is 4.88. The summed E-state index contributed by atoms with van der Waals surface area (Å²) in [6.07, 6.45) is 0. The summed E-state index contributed by atoms with van der Waals surface area (Å²) in [6.45, 7) is 1.82. The highest BCUT2D eigenvalue weighted by molar-refractivity contribution is 6.34. The number of hydrogen-bond acceptors (Lipinski definition) is 5. The number of halogens is 1. The summed E-state index contributed by atoms with van der Waals surface area (Å²) in [5.74, 6) is -1.48. The van der Waals surface area contributed by atoms with E-state index in [2.05, 4.69) is 16.0 Å². The zero-order valence-corrected chi connectivity index (χ0v) is 18.4. The second-order valence-electron chi connectivity index (χ2n) is 7.30. The average Bonchev–Trinajstić information content (AvgIpc) is 2.98. The fraction of sp³-hybridized carbons (Fsp3) is 0.273. The van der Waals surface area contributed by atoms with Gasteiger partial charge >= 0.3 is 6.03 Å². The third kappa shape index (κ3) is 4.90. The molecule has 0 aliphatic carbocycles. The lowest BCUT2D eigenvalue weighted by atomic mass is 9.92. The van der Waals surface area contributed by atoms with Crippen molar-refractivity contribution in [3.05, 3.63) is 64.7 Å². The highest BCUT2D eigenvalue weighted by Gasteiger charge is 2.49. The van der Waals surface area contributed by atoms with Crippen LogP contribution in [0.3, 0.4) is 0 Å². The molecule has 0 aromatic heterocycles. The summed E-state index contributed by atoms with van der Waals surface area (Å²) >= 11 is 6.17. The van der Waals surface area contributed by atoms with Crippen LogP contribution in [0.1, 0.15) is 22.8 Å². The van der Waals surface area contributed by atoms with Gasteiger partial charge in [0.25, 0.3) is 11.8 Å². The Balaban J connectivity index is 1.64. The Morgan fingerprint density at radius 3 is 2.53 bits per heavy atom. The number of methoxy groups -OCH3 is 1. The molecule has 3 rings (SSSR count). The summed E-state index contributed by atoms with van der Waals surface area (Å²) in [5, 5.41) is 8.03. The smallest absolute Gasteiger partial charge is 0.325 e.